The van der Waals surface area contributed by atoms with Crippen LogP contribution in [0, 0.1) is 6.92 Å². The van der Waals surface area contributed by atoms with Gasteiger partial charge in [0, 0.05) is 29.2 Å². The van der Waals surface area contributed by atoms with Crippen molar-refractivity contribution in [3.05, 3.63) is 59.1 Å². The highest BCUT2D eigenvalue weighted by Crippen LogP contribution is 2.28. The first kappa shape index (κ1) is 22.1. The van der Waals surface area contributed by atoms with Crippen LogP contribution in [0.4, 0.5) is 5.69 Å². The second-order valence-electron chi connectivity index (χ2n) is 7.41. The maximum absolute atomic E-state index is 12.9. The Hall–Kier alpha value is -2.13. The molecule has 0 radical (unpaired) electrons. The zero-order chi connectivity index (χ0) is 22.0. The van der Waals surface area contributed by atoms with Crippen molar-refractivity contribution in [3.8, 4) is 0 Å². The summed E-state index contributed by atoms with van der Waals surface area (Å²) in [5.74, 6) is 0.0704. The number of hydrogen-bond donors (Lipinski definition) is 1. The van der Waals surface area contributed by atoms with E-state index in [1.54, 1.807) is 46.8 Å². The largest absolute Gasteiger partial charge is 0.325 e. The average molecular weight is 476 g/mol. The SMILES string of the molecule is Cc1cc(SCC(=O)Nc2ccc(Cl)cc2)nc2ccc(S(=O)(=O)N3CCCC3)cc12. The fourth-order valence-electron chi connectivity index (χ4n) is 3.52. The van der Waals surface area contributed by atoms with Gasteiger partial charge in [-0.25, -0.2) is 13.4 Å². The zero-order valence-corrected chi connectivity index (χ0v) is 19.4. The Labute approximate surface area is 191 Å². The van der Waals surface area contributed by atoms with E-state index < -0.39 is 10.0 Å². The fourth-order valence-corrected chi connectivity index (χ4v) is 5.97. The predicted octanol–water partition coefficient (Wildman–Crippen LogP) is 4.71. The predicted molar refractivity (Wildman–Crippen MR) is 125 cm³/mol. The minimum atomic E-state index is -3.47. The molecule has 0 aliphatic carbocycles. The van der Waals surface area contributed by atoms with E-state index in [1.165, 1.54) is 11.8 Å². The molecular weight excluding hydrogens is 454 g/mol. The number of sulfonamides is 1. The van der Waals surface area contributed by atoms with Crippen LogP contribution in [0.1, 0.15) is 18.4 Å². The summed E-state index contributed by atoms with van der Waals surface area (Å²) in [4.78, 5) is 17.1. The molecule has 2 aromatic carbocycles. The van der Waals surface area contributed by atoms with Gasteiger partial charge in [0.05, 0.1) is 21.2 Å². The third-order valence-electron chi connectivity index (χ3n) is 5.15. The molecule has 2 heterocycles. The molecule has 1 fully saturated rings. The smallest absolute Gasteiger partial charge is 0.243 e. The van der Waals surface area contributed by atoms with Crippen LogP contribution in [-0.4, -0.2) is 42.5 Å². The van der Waals surface area contributed by atoms with Crippen molar-refractivity contribution in [2.45, 2.75) is 29.7 Å². The van der Waals surface area contributed by atoms with Gasteiger partial charge in [-0.05, 0) is 73.9 Å². The molecular formula is C22H22ClN3O3S2. The maximum atomic E-state index is 12.9. The number of carbonyl (C=O) groups excluding carboxylic acids is 1. The van der Waals surface area contributed by atoms with Gasteiger partial charge >= 0.3 is 0 Å². The van der Waals surface area contributed by atoms with E-state index in [0.717, 1.165) is 23.8 Å². The third kappa shape index (κ3) is 5.03. The van der Waals surface area contributed by atoms with Crippen molar-refractivity contribution >= 4 is 55.9 Å². The molecule has 6 nitrogen and oxygen atoms in total. The molecule has 3 aromatic rings. The quantitative estimate of drug-likeness (QED) is 0.522. The Morgan fingerprint density at radius 1 is 1.13 bits per heavy atom. The Balaban J connectivity index is 1.48. The van der Waals surface area contributed by atoms with Crippen LogP contribution in [0.15, 0.2) is 58.5 Å². The number of thioether (sulfide) groups is 1. The lowest BCUT2D eigenvalue weighted by atomic mass is 10.1. The standard InChI is InChI=1S/C22H22ClN3O3S2/c1-15-12-22(30-14-21(27)24-17-6-4-16(23)5-7-17)25-20-9-8-18(13-19(15)20)31(28,29)26-10-2-3-11-26/h4-9,12-13H,2-3,10-11,14H2,1H3,(H,24,27). The zero-order valence-electron chi connectivity index (χ0n) is 17.0. The Kier molecular flexibility index (Phi) is 6.52. The lowest BCUT2D eigenvalue weighted by Gasteiger charge is -2.16. The van der Waals surface area contributed by atoms with Crippen molar-refractivity contribution < 1.29 is 13.2 Å². The minimum Gasteiger partial charge on any atom is -0.325 e. The highest BCUT2D eigenvalue weighted by atomic mass is 35.5. The number of halogens is 1. The van der Waals surface area contributed by atoms with Crippen molar-refractivity contribution in [3.63, 3.8) is 0 Å². The van der Waals surface area contributed by atoms with Gasteiger partial charge in [0.25, 0.3) is 0 Å². The summed E-state index contributed by atoms with van der Waals surface area (Å²) >= 11 is 7.19. The van der Waals surface area contributed by atoms with Crippen molar-refractivity contribution in [1.29, 1.82) is 0 Å². The van der Waals surface area contributed by atoms with Crippen LogP contribution < -0.4 is 5.32 Å². The van der Waals surface area contributed by atoms with Gasteiger partial charge in [-0.3, -0.25) is 4.79 Å². The van der Waals surface area contributed by atoms with Gasteiger partial charge in [-0.15, -0.1) is 0 Å². The first-order valence-corrected chi connectivity index (χ1v) is 12.7. The molecule has 0 saturated carbocycles. The highest BCUT2D eigenvalue weighted by Gasteiger charge is 2.27. The van der Waals surface area contributed by atoms with E-state index in [0.29, 0.717) is 39.2 Å². The van der Waals surface area contributed by atoms with Crippen LogP contribution >= 0.6 is 23.4 Å². The molecule has 9 heteroatoms. The number of fused-ring (bicyclic) bond motifs is 1. The number of nitrogens with zero attached hydrogens (tertiary/aromatic N) is 2. The number of aryl methyl sites for hydroxylation is 1. The molecule has 162 valence electrons. The van der Waals surface area contributed by atoms with E-state index in [1.807, 2.05) is 13.0 Å². The summed E-state index contributed by atoms with van der Waals surface area (Å²) in [6, 6.07) is 13.9. The van der Waals surface area contributed by atoms with Crippen LogP contribution in [0.3, 0.4) is 0 Å². The van der Waals surface area contributed by atoms with E-state index in [4.69, 9.17) is 11.6 Å². The summed E-state index contributed by atoms with van der Waals surface area (Å²) in [6.45, 7) is 3.07. The first-order chi connectivity index (χ1) is 14.8. The minimum absolute atomic E-state index is 0.140. The number of amides is 1. The topological polar surface area (TPSA) is 79.4 Å². The molecule has 1 aromatic heterocycles. The summed E-state index contributed by atoms with van der Waals surface area (Å²) in [5, 5.41) is 4.95. The van der Waals surface area contributed by atoms with Gasteiger partial charge in [0.2, 0.25) is 15.9 Å². The normalized spacial score (nSPS) is 14.8. The lowest BCUT2D eigenvalue weighted by Crippen LogP contribution is -2.27. The fraction of sp³-hybridized carbons (Fsp3) is 0.273. The van der Waals surface area contributed by atoms with Crippen molar-refractivity contribution in [1.82, 2.24) is 9.29 Å². The number of aromatic nitrogens is 1. The summed E-state index contributed by atoms with van der Waals surface area (Å²) in [6.07, 6.45) is 1.80. The van der Waals surface area contributed by atoms with Crippen LogP contribution in [0.5, 0.6) is 0 Å². The van der Waals surface area contributed by atoms with E-state index in [2.05, 4.69) is 10.3 Å². The van der Waals surface area contributed by atoms with Gasteiger partial charge in [-0.1, -0.05) is 23.4 Å². The number of carbonyl (C=O) groups is 1. The van der Waals surface area contributed by atoms with Crippen LogP contribution in [0.25, 0.3) is 10.9 Å². The Bertz CT molecular complexity index is 1220. The Morgan fingerprint density at radius 2 is 1.84 bits per heavy atom. The van der Waals surface area contributed by atoms with E-state index >= 15 is 0 Å². The maximum Gasteiger partial charge on any atom is 0.243 e. The van der Waals surface area contributed by atoms with Crippen molar-refractivity contribution in [2.24, 2.45) is 0 Å². The monoisotopic (exact) mass is 475 g/mol. The van der Waals surface area contributed by atoms with Crippen LogP contribution in [0.2, 0.25) is 5.02 Å². The summed E-state index contributed by atoms with van der Waals surface area (Å²) < 4.78 is 27.2. The van der Waals surface area contributed by atoms with Crippen LogP contribution in [-0.2, 0) is 14.8 Å². The molecule has 1 amide bonds. The second kappa shape index (κ2) is 9.16. The molecule has 1 aliphatic rings. The first-order valence-electron chi connectivity index (χ1n) is 9.93. The molecule has 0 spiro atoms. The molecule has 4 rings (SSSR count). The van der Waals surface area contributed by atoms with E-state index in [-0.39, 0.29) is 11.7 Å². The molecule has 0 atom stereocenters. The molecule has 0 bridgehead atoms. The Morgan fingerprint density at radius 3 is 2.55 bits per heavy atom. The van der Waals surface area contributed by atoms with Gasteiger partial charge in [0.15, 0.2) is 0 Å². The summed E-state index contributed by atoms with van der Waals surface area (Å²) in [5.41, 5.74) is 2.31. The number of nitrogens with one attached hydrogen (secondary N) is 1. The molecule has 1 saturated heterocycles. The number of benzene rings is 2. The van der Waals surface area contributed by atoms with Crippen molar-refractivity contribution in [2.75, 3.05) is 24.2 Å². The van der Waals surface area contributed by atoms with Gasteiger partial charge in [0.1, 0.15) is 0 Å². The number of anilines is 1. The molecule has 0 unspecified atom stereocenters. The highest BCUT2D eigenvalue weighted by molar-refractivity contribution is 7.99. The summed E-state index contributed by atoms with van der Waals surface area (Å²) in [7, 11) is -3.47. The van der Waals surface area contributed by atoms with E-state index in [9.17, 15) is 13.2 Å². The van der Waals surface area contributed by atoms with Gasteiger partial charge < -0.3 is 5.32 Å². The second-order valence-corrected chi connectivity index (χ2v) is 10.8. The molecule has 1 aliphatic heterocycles. The molecule has 31 heavy (non-hydrogen) atoms. The lowest BCUT2D eigenvalue weighted by molar-refractivity contribution is -0.113. The van der Waals surface area contributed by atoms with Gasteiger partial charge in [-0.2, -0.15) is 4.31 Å². The number of rotatable bonds is 6. The number of hydrogen-bond acceptors (Lipinski definition) is 5. The molecule has 1 N–H and O–H groups in total. The number of pyridine rings is 1. The average Bonchev–Trinajstić information content (AvgIpc) is 3.30. The third-order valence-corrected chi connectivity index (χ3v) is 8.20.